The molecule has 1 aliphatic rings. The average Bonchev–Trinajstić information content (AvgIpc) is 1.98. The van der Waals surface area contributed by atoms with E-state index in [0.717, 1.165) is 6.42 Å². The number of hydrogen-bond donors (Lipinski definition) is 2. The van der Waals surface area contributed by atoms with Crippen LogP contribution in [0.4, 0.5) is 0 Å². The molecule has 0 spiro atoms. The van der Waals surface area contributed by atoms with Gasteiger partial charge in [0.15, 0.2) is 0 Å². The highest BCUT2D eigenvalue weighted by molar-refractivity contribution is 4.89. The highest BCUT2D eigenvalue weighted by Gasteiger charge is 2.29. The second-order valence-electron chi connectivity index (χ2n) is 4.24. The lowest BCUT2D eigenvalue weighted by Gasteiger charge is -2.38. The van der Waals surface area contributed by atoms with Gasteiger partial charge in [0.05, 0.1) is 6.61 Å². The number of hydrogen-bond acceptors (Lipinski definition) is 3. The van der Waals surface area contributed by atoms with E-state index in [9.17, 15) is 0 Å². The standard InChI is InChI=1S/C10H21NO2/c1-10(6-7-12,8-13-2)11-9-4-3-5-9/h9,11-12H,3-8H2,1-2H3. The summed E-state index contributed by atoms with van der Waals surface area (Å²) in [4.78, 5) is 0. The number of methoxy groups -OCH3 is 1. The van der Waals surface area contributed by atoms with Gasteiger partial charge in [-0.15, -0.1) is 0 Å². The van der Waals surface area contributed by atoms with Crippen molar-refractivity contribution in [3.63, 3.8) is 0 Å². The fourth-order valence-electron chi connectivity index (χ4n) is 1.80. The molecule has 0 radical (unpaired) electrons. The lowest BCUT2D eigenvalue weighted by Crippen LogP contribution is -2.53. The van der Waals surface area contributed by atoms with Crippen LogP contribution in [0, 0.1) is 0 Å². The summed E-state index contributed by atoms with van der Waals surface area (Å²) in [5.74, 6) is 0. The van der Waals surface area contributed by atoms with Crippen molar-refractivity contribution >= 4 is 0 Å². The number of nitrogens with one attached hydrogen (secondary N) is 1. The lowest BCUT2D eigenvalue weighted by atomic mass is 9.88. The normalized spacial score (nSPS) is 22.4. The van der Waals surface area contributed by atoms with Gasteiger partial charge < -0.3 is 15.2 Å². The molecule has 1 fully saturated rings. The summed E-state index contributed by atoms with van der Waals surface area (Å²) in [5, 5.41) is 12.5. The molecule has 1 unspecified atom stereocenters. The SMILES string of the molecule is COCC(C)(CCO)NC1CCC1. The summed E-state index contributed by atoms with van der Waals surface area (Å²) < 4.78 is 5.16. The molecule has 2 N–H and O–H groups in total. The van der Waals surface area contributed by atoms with Crippen molar-refractivity contribution in [2.45, 2.75) is 44.2 Å². The van der Waals surface area contributed by atoms with E-state index in [2.05, 4.69) is 12.2 Å². The highest BCUT2D eigenvalue weighted by atomic mass is 16.5. The highest BCUT2D eigenvalue weighted by Crippen LogP contribution is 2.22. The Kier molecular flexibility index (Phi) is 4.16. The Balaban J connectivity index is 2.34. The maximum atomic E-state index is 8.94. The van der Waals surface area contributed by atoms with E-state index in [1.54, 1.807) is 7.11 Å². The maximum Gasteiger partial charge on any atom is 0.0642 e. The van der Waals surface area contributed by atoms with Crippen molar-refractivity contribution in [1.29, 1.82) is 0 Å². The van der Waals surface area contributed by atoms with E-state index in [-0.39, 0.29) is 12.1 Å². The van der Waals surface area contributed by atoms with Crippen LogP contribution in [0.25, 0.3) is 0 Å². The predicted octanol–water partition coefficient (Wildman–Crippen LogP) is 0.916. The fourth-order valence-corrected chi connectivity index (χ4v) is 1.80. The van der Waals surface area contributed by atoms with Crippen LogP contribution in [-0.4, -0.2) is 37.0 Å². The number of aliphatic hydroxyl groups is 1. The molecular weight excluding hydrogens is 166 g/mol. The number of rotatable bonds is 6. The van der Waals surface area contributed by atoms with E-state index < -0.39 is 0 Å². The first-order valence-electron chi connectivity index (χ1n) is 5.08. The zero-order valence-electron chi connectivity index (χ0n) is 8.68. The monoisotopic (exact) mass is 187 g/mol. The Bertz CT molecular complexity index is 140. The van der Waals surface area contributed by atoms with E-state index in [4.69, 9.17) is 9.84 Å². The van der Waals surface area contributed by atoms with Gasteiger partial charge in [-0.05, 0) is 26.2 Å². The fraction of sp³-hybridized carbons (Fsp3) is 1.00. The minimum Gasteiger partial charge on any atom is -0.396 e. The molecule has 0 aromatic heterocycles. The Morgan fingerprint density at radius 1 is 1.54 bits per heavy atom. The number of aliphatic hydroxyl groups excluding tert-OH is 1. The molecule has 0 heterocycles. The first kappa shape index (κ1) is 11.0. The van der Waals surface area contributed by atoms with Crippen molar-refractivity contribution in [1.82, 2.24) is 5.32 Å². The molecule has 1 saturated carbocycles. The summed E-state index contributed by atoms with van der Waals surface area (Å²) in [6.07, 6.45) is 4.63. The molecule has 3 heteroatoms. The van der Waals surface area contributed by atoms with Crippen LogP contribution in [0.1, 0.15) is 32.6 Å². The number of ether oxygens (including phenoxy) is 1. The Labute approximate surface area is 80.5 Å². The first-order valence-corrected chi connectivity index (χ1v) is 5.08. The summed E-state index contributed by atoms with van der Waals surface area (Å²) in [5.41, 5.74) is -0.0470. The van der Waals surface area contributed by atoms with Crippen molar-refractivity contribution in [2.24, 2.45) is 0 Å². The molecule has 0 bridgehead atoms. The van der Waals surface area contributed by atoms with Crippen LogP contribution >= 0.6 is 0 Å². The van der Waals surface area contributed by atoms with E-state index in [0.29, 0.717) is 12.6 Å². The third-order valence-corrected chi connectivity index (χ3v) is 2.78. The molecule has 78 valence electrons. The average molecular weight is 187 g/mol. The topological polar surface area (TPSA) is 41.5 Å². The smallest absolute Gasteiger partial charge is 0.0642 e. The Morgan fingerprint density at radius 3 is 2.62 bits per heavy atom. The molecule has 13 heavy (non-hydrogen) atoms. The first-order chi connectivity index (χ1) is 6.20. The summed E-state index contributed by atoms with van der Waals surface area (Å²) >= 11 is 0. The summed E-state index contributed by atoms with van der Waals surface area (Å²) in [6.45, 7) is 3.01. The van der Waals surface area contributed by atoms with Crippen LogP contribution < -0.4 is 5.32 Å². The zero-order chi connectivity index (χ0) is 9.73. The van der Waals surface area contributed by atoms with Gasteiger partial charge in [-0.25, -0.2) is 0 Å². The van der Waals surface area contributed by atoms with Gasteiger partial charge in [0.25, 0.3) is 0 Å². The Hall–Kier alpha value is -0.120. The molecule has 0 amide bonds. The Morgan fingerprint density at radius 2 is 2.23 bits per heavy atom. The molecule has 0 aliphatic heterocycles. The second-order valence-corrected chi connectivity index (χ2v) is 4.24. The van der Waals surface area contributed by atoms with Gasteiger partial charge in [-0.1, -0.05) is 6.42 Å². The van der Waals surface area contributed by atoms with Crippen LogP contribution in [0.3, 0.4) is 0 Å². The van der Waals surface area contributed by atoms with Gasteiger partial charge in [-0.3, -0.25) is 0 Å². The molecule has 0 aromatic rings. The van der Waals surface area contributed by atoms with Crippen LogP contribution in [0.2, 0.25) is 0 Å². The van der Waals surface area contributed by atoms with Crippen LogP contribution in [0.15, 0.2) is 0 Å². The van der Waals surface area contributed by atoms with Gasteiger partial charge in [-0.2, -0.15) is 0 Å². The molecule has 1 aliphatic carbocycles. The third kappa shape index (κ3) is 3.25. The van der Waals surface area contributed by atoms with Gasteiger partial charge >= 0.3 is 0 Å². The second kappa shape index (κ2) is 4.94. The van der Waals surface area contributed by atoms with Crippen molar-refractivity contribution in [3.05, 3.63) is 0 Å². The van der Waals surface area contributed by atoms with Gasteiger partial charge in [0.2, 0.25) is 0 Å². The van der Waals surface area contributed by atoms with E-state index in [1.807, 2.05) is 0 Å². The molecule has 3 nitrogen and oxygen atoms in total. The lowest BCUT2D eigenvalue weighted by molar-refractivity contribution is 0.0802. The molecular formula is C10H21NO2. The van der Waals surface area contributed by atoms with Gasteiger partial charge in [0, 0.05) is 25.3 Å². The summed E-state index contributed by atoms with van der Waals surface area (Å²) in [6, 6.07) is 0.645. The van der Waals surface area contributed by atoms with Crippen molar-refractivity contribution in [3.8, 4) is 0 Å². The molecule has 0 aromatic carbocycles. The minimum absolute atomic E-state index is 0.0470. The quantitative estimate of drug-likeness (QED) is 0.649. The molecule has 0 saturated heterocycles. The largest absolute Gasteiger partial charge is 0.396 e. The van der Waals surface area contributed by atoms with E-state index in [1.165, 1.54) is 19.3 Å². The third-order valence-electron chi connectivity index (χ3n) is 2.78. The summed E-state index contributed by atoms with van der Waals surface area (Å²) in [7, 11) is 1.71. The zero-order valence-corrected chi connectivity index (χ0v) is 8.68. The van der Waals surface area contributed by atoms with Crippen LogP contribution in [-0.2, 0) is 4.74 Å². The van der Waals surface area contributed by atoms with Crippen molar-refractivity contribution < 1.29 is 9.84 Å². The van der Waals surface area contributed by atoms with Crippen LogP contribution in [0.5, 0.6) is 0 Å². The van der Waals surface area contributed by atoms with E-state index >= 15 is 0 Å². The molecule has 1 rings (SSSR count). The van der Waals surface area contributed by atoms with Gasteiger partial charge in [0.1, 0.15) is 0 Å². The predicted molar refractivity (Wildman–Crippen MR) is 52.8 cm³/mol. The minimum atomic E-state index is -0.0470. The molecule has 1 atom stereocenters. The maximum absolute atomic E-state index is 8.94. The van der Waals surface area contributed by atoms with Crippen molar-refractivity contribution in [2.75, 3.05) is 20.3 Å².